The summed E-state index contributed by atoms with van der Waals surface area (Å²) in [6.45, 7) is 4.62. The third-order valence-electron chi connectivity index (χ3n) is 4.37. The van der Waals surface area contributed by atoms with E-state index < -0.39 is 5.97 Å². The number of likely N-dealkylation sites (tertiary alicyclic amines) is 1. The van der Waals surface area contributed by atoms with Crippen LogP contribution in [0.1, 0.15) is 52.4 Å². The minimum absolute atomic E-state index is 0.0116. The highest BCUT2D eigenvalue weighted by Gasteiger charge is 2.27. The molecule has 1 heterocycles. The molecule has 1 fully saturated rings. The van der Waals surface area contributed by atoms with Crippen LogP contribution in [0.25, 0.3) is 0 Å². The van der Waals surface area contributed by atoms with Crippen LogP contribution in [0.3, 0.4) is 0 Å². The first-order valence-electron chi connectivity index (χ1n) is 8.88. The Kier molecular flexibility index (Phi) is 8.94. The molecule has 0 aromatic carbocycles. The van der Waals surface area contributed by atoms with Crippen molar-refractivity contribution in [1.82, 2.24) is 15.1 Å². The molecular weight excluding hydrogens is 326 g/mol. The number of hydrogen-bond donors (Lipinski definition) is 2. The molecule has 1 rings (SSSR count). The molecule has 0 aromatic heterocycles. The summed E-state index contributed by atoms with van der Waals surface area (Å²) in [5.41, 5.74) is 0. The Morgan fingerprint density at radius 2 is 1.88 bits per heavy atom. The van der Waals surface area contributed by atoms with Crippen molar-refractivity contribution in [3.63, 3.8) is 0 Å². The van der Waals surface area contributed by atoms with Crippen molar-refractivity contribution in [2.45, 2.75) is 58.4 Å². The molecule has 1 atom stereocenters. The molecule has 0 aromatic rings. The van der Waals surface area contributed by atoms with Gasteiger partial charge in [-0.3, -0.25) is 19.2 Å². The second-order valence-corrected chi connectivity index (χ2v) is 6.31. The lowest BCUT2D eigenvalue weighted by atomic mass is 10.1. The number of aliphatic carboxylic acids is 1. The number of carbonyl (C=O) groups excluding carboxylic acids is 3. The second kappa shape index (κ2) is 10.7. The van der Waals surface area contributed by atoms with Gasteiger partial charge >= 0.3 is 5.97 Å². The first kappa shape index (κ1) is 20.9. The van der Waals surface area contributed by atoms with E-state index in [1.165, 1.54) is 11.8 Å². The van der Waals surface area contributed by atoms with Gasteiger partial charge in [-0.05, 0) is 32.6 Å². The highest BCUT2D eigenvalue weighted by molar-refractivity contribution is 5.80. The van der Waals surface area contributed by atoms with Crippen LogP contribution in [0.5, 0.6) is 0 Å². The van der Waals surface area contributed by atoms with E-state index in [0.717, 1.165) is 6.42 Å². The third kappa shape index (κ3) is 7.53. The SMILES string of the molecule is CCNC(=O)CCCC(=O)N1CCCC(N(CC(=O)O)C(C)=O)CC1. The lowest BCUT2D eigenvalue weighted by Gasteiger charge is -2.28. The Morgan fingerprint density at radius 3 is 2.48 bits per heavy atom. The Labute approximate surface area is 148 Å². The Hall–Kier alpha value is -2.12. The summed E-state index contributed by atoms with van der Waals surface area (Å²) in [5, 5.41) is 11.7. The molecule has 2 N–H and O–H groups in total. The summed E-state index contributed by atoms with van der Waals surface area (Å²) in [7, 11) is 0. The molecule has 1 aliphatic rings. The quantitative estimate of drug-likeness (QED) is 0.663. The summed E-state index contributed by atoms with van der Waals surface area (Å²) in [4.78, 5) is 49.5. The second-order valence-electron chi connectivity index (χ2n) is 6.31. The zero-order chi connectivity index (χ0) is 18.8. The van der Waals surface area contributed by atoms with E-state index >= 15 is 0 Å². The minimum atomic E-state index is -1.03. The van der Waals surface area contributed by atoms with Crippen molar-refractivity contribution in [1.29, 1.82) is 0 Å². The lowest BCUT2D eigenvalue weighted by Crippen LogP contribution is -2.43. The molecule has 0 saturated carbocycles. The van der Waals surface area contributed by atoms with Crippen LogP contribution < -0.4 is 5.32 Å². The number of carbonyl (C=O) groups is 4. The number of carboxylic acids is 1. The monoisotopic (exact) mass is 355 g/mol. The van der Waals surface area contributed by atoms with E-state index in [-0.39, 0.29) is 30.3 Å². The molecule has 1 saturated heterocycles. The van der Waals surface area contributed by atoms with Crippen molar-refractivity contribution < 1.29 is 24.3 Å². The molecule has 0 spiro atoms. The van der Waals surface area contributed by atoms with Crippen molar-refractivity contribution >= 4 is 23.7 Å². The maximum atomic E-state index is 12.3. The van der Waals surface area contributed by atoms with Gasteiger partial charge in [0.1, 0.15) is 6.54 Å². The highest BCUT2D eigenvalue weighted by atomic mass is 16.4. The summed E-state index contributed by atoms with van der Waals surface area (Å²) < 4.78 is 0. The zero-order valence-corrected chi connectivity index (χ0v) is 15.1. The molecule has 1 unspecified atom stereocenters. The lowest BCUT2D eigenvalue weighted by molar-refractivity contribution is -0.145. The minimum Gasteiger partial charge on any atom is -0.480 e. The summed E-state index contributed by atoms with van der Waals surface area (Å²) in [6.07, 6.45) is 3.18. The van der Waals surface area contributed by atoms with Gasteiger partial charge in [-0.25, -0.2) is 0 Å². The van der Waals surface area contributed by atoms with E-state index in [1.807, 2.05) is 6.92 Å². The van der Waals surface area contributed by atoms with Crippen LogP contribution in [0, 0.1) is 0 Å². The summed E-state index contributed by atoms with van der Waals surface area (Å²) >= 11 is 0. The number of amides is 3. The Balaban J connectivity index is 2.48. The zero-order valence-electron chi connectivity index (χ0n) is 15.1. The van der Waals surface area contributed by atoms with Crippen molar-refractivity contribution in [2.75, 3.05) is 26.2 Å². The van der Waals surface area contributed by atoms with E-state index in [0.29, 0.717) is 51.7 Å². The average Bonchev–Trinajstić information content (AvgIpc) is 2.78. The molecule has 142 valence electrons. The van der Waals surface area contributed by atoms with Gasteiger partial charge in [0.15, 0.2) is 0 Å². The van der Waals surface area contributed by atoms with Gasteiger partial charge < -0.3 is 20.2 Å². The first-order valence-corrected chi connectivity index (χ1v) is 8.88. The number of rotatable bonds is 8. The maximum absolute atomic E-state index is 12.3. The van der Waals surface area contributed by atoms with Gasteiger partial charge in [0.2, 0.25) is 17.7 Å². The predicted molar refractivity (Wildman–Crippen MR) is 91.8 cm³/mol. The maximum Gasteiger partial charge on any atom is 0.323 e. The van der Waals surface area contributed by atoms with Crippen LogP contribution >= 0.6 is 0 Å². The van der Waals surface area contributed by atoms with E-state index in [4.69, 9.17) is 5.11 Å². The van der Waals surface area contributed by atoms with Gasteiger partial charge in [-0.15, -0.1) is 0 Å². The highest BCUT2D eigenvalue weighted by Crippen LogP contribution is 2.18. The molecule has 0 aliphatic carbocycles. The molecule has 1 aliphatic heterocycles. The van der Waals surface area contributed by atoms with E-state index in [2.05, 4.69) is 5.32 Å². The molecular formula is C17H29N3O5. The Morgan fingerprint density at radius 1 is 1.16 bits per heavy atom. The third-order valence-corrected chi connectivity index (χ3v) is 4.37. The predicted octanol–water partition coefficient (Wildman–Crippen LogP) is 0.607. The fraction of sp³-hybridized carbons (Fsp3) is 0.765. The van der Waals surface area contributed by atoms with Crippen LogP contribution in [-0.4, -0.2) is 70.8 Å². The van der Waals surface area contributed by atoms with E-state index in [9.17, 15) is 19.2 Å². The topological polar surface area (TPSA) is 107 Å². The van der Waals surface area contributed by atoms with Crippen LogP contribution in [0.4, 0.5) is 0 Å². The van der Waals surface area contributed by atoms with Gasteiger partial charge in [-0.2, -0.15) is 0 Å². The van der Waals surface area contributed by atoms with Gasteiger partial charge in [0, 0.05) is 45.4 Å². The summed E-state index contributed by atoms with van der Waals surface area (Å²) in [5.74, 6) is -1.32. The number of hydrogen-bond acceptors (Lipinski definition) is 4. The molecule has 8 heteroatoms. The van der Waals surface area contributed by atoms with Gasteiger partial charge in [-0.1, -0.05) is 0 Å². The Bertz CT molecular complexity index is 495. The van der Waals surface area contributed by atoms with Crippen molar-refractivity contribution in [3.8, 4) is 0 Å². The van der Waals surface area contributed by atoms with Crippen molar-refractivity contribution in [2.24, 2.45) is 0 Å². The molecule has 3 amide bonds. The normalized spacial score (nSPS) is 17.5. The fourth-order valence-electron chi connectivity index (χ4n) is 3.13. The average molecular weight is 355 g/mol. The largest absolute Gasteiger partial charge is 0.480 e. The van der Waals surface area contributed by atoms with Crippen LogP contribution in [-0.2, 0) is 19.2 Å². The van der Waals surface area contributed by atoms with Crippen LogP contribution in [0.2, 0.25) is 0 Å². The standard InChI is InChI=1S/C17H29N3O5/c1-3-18-15(22)7-4-8-16(23)19-10-5-6-14(9-11-19)20(13(2)21)12-17(24)25/h14H,3-12H2,1-2H3,(H,18,22)(H,24,25). The number of carboxylic acid groups (broad SMARTS) is 1. The van der Waals surface area contributed by atoms with Gasteiger partial charge in [0.25, 0.3) is 0 Å². The fourth-order valence-corrected chi connectivity index (χ4v) is 3.13. The van der Waals surface area contributed by atoms with E-state index in [1.54, 1.807) is 4.90 Å². The molecule has 8 nitrogen and oxygen atoms in total. The molecule has 0 radical (unpaired) electrons. The smallest absolute Gasteiger partial charge is 0.323 e. The van der Waals surface area contributed by atoms with Gasteiger partial charge in [0.05, 0.1) is 0 Å². The number of nitrogens with zero attached hydrogens (tertiary/aromatic N) is 2. The number of nitrogens with one attached hydrogen (secondary N) is 1. The van der Waals surface area contributed by atoms with Crippen molar-refractivity contribution in [3.05, 3.63) is 0 Å². The van der Waals surface area contributed by atoms with Crippen LogP contribution in [0.15, 0.2) is 0 Å². The first-order chi connectivity index (χ1) is 11.8. The molecule has 0 bridgehead atoms. The summed E-state index contributed by atoms with van der Waals surface area (Å²) in [6, 6.07) is -0.151. The molecule has 25 heavy (non-hydrogen) atoms.